The number of benzene rings is 2. The zero-order chi connectivity index (χ0) is 18.1. The molecular weight excluding hydrogens is 326 g/mol. The van der Waals surface area contributed by atoms with Crippen molar-refractivity contribution in [3.05, 3.63) is 72.3 Å². The monoisotopic (exact) mass is 354 g/mol. The maximum atomic E-state index is 6.01. The van der Waals surface area contributed by atoms with Crippen LogP contribution in [0.4, 0.5) is 0 Å². The average Bonchev–Trinajstić information content (AvgIpc) is 2.68. The highest BCUT2D eigenvalue weighted by atomic mass is 28.3. The van der Waals surface area contributed by atoms with Gasteiger partial charge in [-0.1, -0.05) is 75.0 Å². The van der Waals surface area contributed by atoms with E-state index in [1.807, 2.05) is 18.2 Å². The second-order valence-corrected chi connectivity index (χ2v) is 7.64. The van der Waals surface area contributed by atoms with E-state index >= 15 is 0 Å². The van der Waals surface area contributed by atoms with E-state index in [1.54, 1.807) is 7.11 Å². The lowest BCUT2D eigenvalue weighted by Crippen LogP contribution is -2.38. The molecule has 0 saturated carbocycles. The first-order chi connectivity index (χ1) is 12.2. The number of nitrogens with zero attached hydrogens (tertiary/aromatic N) is 1. The van der Waals surface area contributed by atoms with Gasteiger partial charge in [-0.2, -0.15) is 0 Å². The fraction of sp³-hybridized carbons (Fsp3) is 0.333. The van der Waals surface area contributed by atoms with Crippen LogP contribution in [-0.2, 0) is 8.85 Å². The van der Waals surface area contributed by atoms with Crippen LogP contribution in [-0.4, -0.2) is 47.5 Å². The fourth-order valence-corrected chi connectivity index (χ4v) is 3.92. The molecule has 0 amide bonds. The molecule has 0 aliphatic carbocycles. The number of rotatable bonds is 10. The van der Waals surface area contributed by atoms with Crippen molar-refractivity contribution in [2.75, 3.05) is 33.4 Å². The fourth-order valence-electron chi connectivity index (χ4n) is 2.68. The summed E-state index contributed by atoms with van der Waals surface area (Å²) in [7, 11) is 0.289. The molecule has 0 aliphatic rings. The van der Waals surface area contributed by atoms with Gasteiger partial charge in [0.25, 0.3) is 0 Å². The van der Waals surface area contributed by atoms with Gasteiger partial charge in [0.2, 0.25) is 0 Å². The molecule has 0 aliphatic heterocycles. The minimum Gasteiger partial charge on any atom is -0.393 e. The third-order valence-electron chi connectivity index (χ3n) is 4.31. The molecule has 0 heterocycles. The minimum atomic E-state index is -1.44. The standard InChI is InChI=1S/C21H28NO2Si/c1-5-22(6-2)16-17-24-25(23-4)21-14-12-20(13-15-21)18(3)19-10-8-7-9-11-19/h7-15H,3,5-6,16-17H2,1-2,4H3. The Morgan fingerprint density at radius 2 is 1.56 bits per heavy atom. The van der Waals surface area contributed by atoms with Crippen LogP contribution in [0, 0.1) is 0 Å². The molecule has 0 unspecified atom stereocenters. The van der Waals surface area contributed by atoms with Crippen molar-refractivity contribution in [2.45, 2.75) is 13.8 Å². The van der Waals surface area contributed by atoms with Gasteiger partial charge in [-0.05, 0) is 35.0 Å². The van der Waals surface area contributed by atoms with Crippen LogP contribution < -0.4 is 5.19 Å². The van der Waals surface area contributed by atoms with Gasteiger partial charge in [0.15, 0.2) is 0 Å². The molecule has 0 fully saturated rings. The lowest BCUT2D eigenvalue weighted by molar-refractivity contribution is 0.191. The Kier molecular flexibility index (Phi) is 8.08. The number of hydrogen-bond acceptors (Lipinski definition) is 3. The molecule has 1 radical (unpaired) electrons. The summed E-state index contributed by atoms with van der Waals surface area (Å²) in [6, 6.07) is 18.6. The Bertz CT molecular complexity index is 639. The van der Waals surface area contributed by atoms with Gasteiger partial charge in [0.05, 0.1) is 0 Å². The number of likely N-dealkylation sites (N-methyl/N-ethyl adjacent to an activating group) is 1. The maximum absolute atomic E-state index is 6.01. The molecule has 133 valence electrons. The van der Waals surface area contributed by atoms with E-state index in [0.29, 0.717) is 6.61 Å². The quantitative estimate of drug-likeness (QED) is 0.610. The molecule has 0 aromatic heterocycles. The molecule has 2 rings (SSSR count). The second-order valence-electron chi connectivity index (χ2n) is 5.79. The summed E-state index contributed by atoms with van der Waals surface area (Å²) >= 11 is 0. The highest BCUT2D eigenvalue weighted by Crippen LogP contribution is 2.20. The number of hydrogen-bond donors (Lipinski definition) is 0. The first-order valence-corrected chi connectivity index (χ1v) is 10.1. The Balaban J connectivity index is 1.98. The molecule has 0 bridgehead atoms. The van der Waals surface area contributed by atoms with Crippen LogP contribution in [0.25, 0.3) is 5.57 Å². The van der Waals surface area contributed by atoms with Crippen LogP contribution >= 0.6 is 0 Å². The summed E-state index contributed by atoms with van der Waals surface area (Å²) in [5, 5.41) is 1.12. The van der Waals surface area contributed by atoms with Crippen molar-refractivity contribution in [1.29, 1.82) is 0 Å². The normalized spacial score (nSPS) is 11.2. The van der Waals surface area contributed by atoms with E-state index in [0.717, 1.165) is 41.5 Å². The van der Waals surface area contributed by atoms with E-state index in [4.69, 9.17) is 8.85 Å². The second kappa shape index (κ2) is 10.3. The van der Waals surface area contributed by atoms with E-state index in [9.17, 15) is 0 Å². The lowest BCUT2D eigenvalue weighted by Gasteiger charge is -2.20. The van der Waals surface area contributed by atoms with Crippen LogP contribution in [0.15, 0.2) is 61.2 Å². The van der Waals surface area contributed by atoms with Gasteiger partial charge in [-0.25, -0.2) is 0 Å². The summed E-state index contributed by atoms with van der Waals surface area (Å²) in [6.07, 6.45) is 0. The first-order valence-electron chi connectivity index (χ1n) is 8.80. The van der Waals surface area contributed by atoms with Crippen LogP contribution in [0.2, 0.25) is 0 Å². The van der Waals surface area contributed by atoms with Gasteiger partial charge in [0, 0.05) is 20.3 Å². The zero-order valence-electron chi connectivity index (χ0n) is 15.5. The maximum Gasteiger partial charge on any atom is 0.423 e. The van der Waals surface area contributed by atoms with Gasteiger partial charge in [0.1, 0.15) is 0 Å². The lowest BCUT2D eigenvalue weighted by atomic mass is 10.00. The predicted molar refractivity (Wildman–Crippen MR) is 107 cm³/mol. The van der Waals surface area contributed by atoms with Crippen molar-refractivity contribution in [3.8, 4) is 0 Å². The van der Waals surface area contributed by atoms with Gasteiger partial charge in [-0.3, -0.25) is 0 Å². The van der Waals surface area contributed by atoms with Crippen molar-refractivity contribution >= 4 is 20.0 Å². The van der Waals surface area contributed by atoms with Gasteiger partial charge in [-0.15, -0.1) is 0 Å². The molecule has 0 atom stereocenters. The highest BCUT2D eigenvalue weighted by molar-refractivity contribution is 6.61. The molecular formula is C21H28NO2Si. The Labute approximate surface area is 153 Å². The van der Waals surface area contributed by atoms with Crippen LogP contribution in [0.5, 0.6) is 0 Å². The summed E-state index contributed by atoms with van der Waals surface area (Å²) < 4.78 is 11.6. The smallest absolute Gasteiger partial charge is 0.393 e. The molecule has 4 heteroatoms. The molecule has 0 N–H and O–H groups in total. The molecule has 0 saturated heterocycles. The summed E-state index contributed by atoms with van der Waals surface area (Å²) in [5.41, 5.74) is 3.29. The van der Waals surface area contributed by atoms with Crippen molar-refractivity contribution in [3.63, 3.8) is 0 Å². The minimum absolute atomic E-state index is 0.697. The van der Waals surface area contributed by atoms with Crippen LogP contribution in [0.3, 0.4) is 0 Å². The predicted octanol–water partition coefficient (Wildman–Crippen LogP) is 3.45. The van der Waals surface area contributed by atoms with Crippen LogP contribution in [0.1, 0.15) is 25.0 Å². The SMILES string of the molecule is C=C(c1ccccc1)c1ccc([Si](OC)OCCN(CC)CC)cc1. The largest absolute Gasteiger partial charge is 0.423 e. The van der Waals surface area contributed by atoms with Crippen molar-refractivity contribution in [1.82, 2.24) is 4.90 Å². The Morgan fingerprint density at radius 3 is 2.12 bits per heavy atom. The molecule has 25 heavy (non-hydrogen) atoms. The average molecular weight is 355 g/mol. The Morgan fingerprint density at radius 1 is 0.960 bits per heavy atom. The third kappa shape index (κ3) is 5.65. The van der Waals surface area contributed by atoms with Gasteiger partial charge >= 0.3 is 9.28 Å². The van der Waals surface area contributed by atoms with Crippen molar-refractivity contribution < 1.29 is 8.85 Å². The van der Waals surface area contributed by atoms with E-state index in [2.05, 4.69) is 61.7 Å². The van der Waals surface area contributed by atoms with Crippen molar-refractivity contribution in [2.24, 2.45) is 0 Å². The van der Waals surface area contributed by atoms with E-state index in [-0.39, 0.29) is 0 Å². The molecule has 0 spiro atoms. The van der Waals surface area contributed by atoms with E-state index in [1.165, 1.54) is 0 Å². The molecule has 3 nitrogen and oxygen atoms in total. The van der Waals surface area contributed by atoms with Gasteiger partial charge < -0.3 is 13.8 Å². The zero-order valence-corrected chi connectivity index (χ0v) is 16.5. The highest BCUT2D eigenvalue weighted by Gasteiger charge is 2.18. The summed E-state index contributed by atoms with van der Waals surface area (Å²) in [5.74, 6) is 0. The summed E-state index contributed by atoms with van der Waals surface area (Å²) in [4.78, 5) is 2.35. The summed E-state index contributed by atoms with van der Waals surface area (Å²) in [6.45, 7) is 12.3. The van der Waals surface area contributed by atoms with E-state index < -0.39 is 9.28 Å². The third-order valence-corrected chi connectivity index (χ3v) is 5.95. The molecule has 2 aromatic rings. The Hall–Kier alpha value is -1.72. The molecule has 2 aromatic carbocycles. The first kappa shape index (κ1) is 19.6. The topological polar surface area (TPSA) is 21.7 Å².